The normalized spacial score (nSPS) is 18.5. The Hall–Kier alpha value is -1.88. The first-order valence-corrected chi connectivity index (χ1v) is 6.90. The molecule has 2 N–H and O–H groups in total. The largest absolute Gasteiger partial charge is 0.478 e. The van der Waals surface area contributed by atoms with Gasteiger partial charge in [0.15, 0.2) is 0 Å². The fourth-order valence-electron chi connectivity index (χ4n) is 2.25. The fraction of sp³-hybridized carbons (Fsp3) is 0.467. The molecule has 1 fully saturated rings. The molecule has 5 heteroatoms. The van der Waals surface area contributed by atoms with E-state index < -0.39 is 5.97 Å². The smallest absolute Gasteiger partial charge is 0.335 e. The van der Waals surface area contributed by atoms with Crippen molar-refractivity contribution >= 4 is 17.6 Å². The van der Waals surface area contributed by atoms with Crippen molar-refractivity contribution in [3.63, 3.8) is 0 Å². The monoisotopic (exact) mass is 277 g/mol. The highest BCUT2D eigenvalue weighted by Gasteiger charge is 2.15. The van der Waals surface area contributed by atoms with Gasteiger partial charge in [0.2, 0.25) is 5.91 Å². The van der Waals surface area contributed by atoms with Gasteiger partial charge in [0, 0.05) is 18.7 Å². The third-order valence-electron chi connectivity index (χ3n) is 3.38. The second-order valence-electron chi connectivity index (χ2n) is 4.96. The van der Waals surface area contributed by atoms with Gasteiger partial charge in [0.1, 0.15) is 0 Å². The lowest BCUT2D eigenvalue weighted by molar-refractivity contribution is -0.117. The Kier molecular flexibility index (Phi) is 5.12. The minimum atomic E-state index is -0.975. The van der Waals surface area contributed by atoms with Crippen LogP contribution in [0.15, 0.2) is 24.3 Å². The van der Waals surface area contributed by atoms with Crippen molar-refractivity contribution in [3.8, 4) is 0 Å². The molecule has 1 heterocycles. The van der Waals surface area contributed by atoms with Crippen molar-refractivity contribution < 1.29 is 19.4 Å². The Morgan fingerprint density at radius 1 is 1.25 bits per heavy atom. The van der Waals surface area contributed by atoms with E-state index in [1.54, 1.807) is 12.1 Å². The SMILES string of the molecule is O=C(CCC1CCCCO1)Nc1ccc(C(=O)O)cc1. The van der Waals surface area contributed by atoms with Crippen LogP contribution >= 0.6 is 0 Å². The molecule has 1 amide bonds. The molecule has 2 rings (SSSR count). The third-order valence-corrected chi connectivity index (χ3v) is 3.38. The molecule has 5 nitrogen and oxygen atoms in total. The summed E-state index contributed by atoms with van der Waals surface area (Å²) in [6.07, 6.45) is 4.66. The van der Waals surface area contributed by atoms with Gasteiger partial charge in [-0.1, -0.05) is 0 Å². The topological polar surface area (TPSA) is 75.6 Å². The van der Waals surface area contributed by atoms with Gasteiger partial charge in [-0.25, -0.2) is 4.79 Å². The molecule has 0 aliphatic carbocycles. The Morgan fingerprint density at radius 3 is 2.60 bits per heavy atom. The van der Waals surface area contributed by atoms with Crippen LogP contribution < -0.4 is 5.32 Å². The summed E-state index contributed by atoms with van der Waals surface area (Å²) in [5.41, 5.74) is 0.822. The first kappa shape index (κ1) is 14.5. The van der Waals surface area contributed by atoms with Gasteiger partial charge < -0.3 is 15.2 Å². The number of carbonyl (C=O) groups excluding carboxylic acids is 1. The number of carboxylic acid groups (broad SMARTS) is 1. The summed E-state index contributed by atoms with van der Waals surface area (Å²) in [6, 6.07) is 6.14. The highest BCUT2D eigenvalue weighted by atomic mass is 16.5. The summed E-state index contributed by atoms with van der Waals surface area (Å²) in [7, 11) is 0. The first-order valence-electron chi connectivity index (χ1n) is 6.90. The average Bonchev–Trinajstić information content (AvgIpc) is 2.47. The summed E-state index contributed by atoms with van der Waals surface area (Å²) in [5, 5.41) is 11.5. The number of anilines is 1. The van der Waals surface area contributed by atoms with Crippen molar-refractivity contribution in [1.29, 1.82) is 0 Å². The molecule has 1 unspecified atom stereocenters. The highest BCUT2D eigenvalue weighted by molar-refractivity contribution is 5.92. The molecular weight excluding hydrogens is 258 g/mol. The van der Waals surface area contributed by atoms with Crippen LogP contribution in [0.3, 0.4) is 0 Å². The Balaban J connectivity index is 1.77. The number of ether oxygens (including phenoxy) is 1. The zero-order chi connectivity index (χ0) is 14.4. The molecule has 1 aliphatic heterocycles. The summed E-state index contributed by atoms with van der Waals surface area (Å²) in [6.45, 7) is 0.795. The number of aromatic carboxylic acids is 1. The van der Waals surface area contributed by atoms with Crippen molar-refractivity contribution in [2.24, 2.45) is 0 Å². The number of amides is 1. The molecule has 0 radical (unpaired) electrons. The second kappa shape index (κ2) is 7.05. The van der Waals surface area contributed by atoms with Gasteiger partial charge in [-0.05, 0) is 49.9 Å². The number of nitrogens with one attached hydrogen (secondary N) is 1. The Labute approximate surface area is 117 Å². The standard InChI is InChI=1S/C15H19NO4/c17-14(9-8-13-3-1-2-10-20-13)16-12-6-4-11(5-7-12)15(18)19/h4-7,13H,1-3,8-10H2,(H,16,17)(H,18,19). The molecule has 1 aromatic rings. The van der Waals surface area contributed by atoms with Gasteiger partial charge in [0.05, 0.1) is 11.7 Å². The summed E-state index contributed by atoms with van der Waals surface area (Å²) >= 11 is 0. The van der Waals surface area contributed by atoms with E-state index in [0.29, 0.717) is 12.1 Å². The van der Waals surface area contributed by atoms with E-state index in [2.05, 4.69) is 5.32 Å². The maximum Gasteiger partial charge on any atom is 0.335 e. The van der Waals surface area contributed by atoms with Gasteiger partial charge in [-0.3, -0.25) is 4.79 Å². The van der Waals surface area contributed by atoms with Gasteiger partial charge >= 0.3 is 5.97 Å². The molecule has 1 aromatic carbocycles. The zero-order valence-electron chi connectivity index (χ0n) is 11.3. The minimum absolute atomic E-state index is 0.0674. The van der Waals surface area contributed by atoms with E-state index in [4.69, 9.17) is 9.84 Å². The van der Waals surface area contributed by atoms with Crippen LogP contribution in [0, 0.1) is 0 Å². The van der Waals surface area contributed by atoms with Crippen molar-refractivity contribution in [2.45, 2.75) is 38.2 Å². The number of rotatable bonds is 5. The number of carbonyl (C=O) groups is 2. The molecule has 0 bridgehead atoms. The molecular formula is C15H19NO4. The molecule has 1 atom stereocenters. The maximum atomic E-state index is 11.8. The van der Waals surface area contributed by atoms with E-state index in [0.717, 1.165) is 25.9 Å². The van der Waals surface area contributed by atoms with Crippen LogP contribution in [-0.4, -0.2) is 29.7 Å². The maximum absolute atomic E-state index is 11.8. The molecule has 0 saturated carbocycles. The van der Waals surface area contributed by atoms with Crippen molar-refractivity contribution in [3.05, 3.63) is 29.8 Å². The molecule has 0 aromatic heterocycles. The summed E-state index contributed by atoms with van der Waals surface area (Å²) < 4.78 is 5.58. The molecule has 1 saturated heterocycles. The average molecular weight is 277 g/mol. The quantitative estimate of drug-likeness (QED) is 0.867. The van der Waals surface area contributed by atoms with Gasteiger partial charge in [-0.15, -0.1) is 0 Å². The Morgan fingerprint density at radius 2 is 2.00 bits per heavy atom. The molecule has 20 heavy (non-hydrogen) atoms. The van der Waals surface area contributed by atoms with Gasteiger partial charge in [-0.2, -0.15) is 0 Å². The highest BCUT2D eigenvalue weighted by Crippen LogP contribution is 2.17. The third kappa shape index (κ3) is 4.35. The van der Waals surface area contributed by atoms with Crippen LogP contribution in [-0.2, 0) is 9.53 Å². The zero-order valence-corrected chi connectivity index (χ0v) is 11.3. The summed E-state index contributed by atoms with van der Waals surface area (Å²) in [5.74, 6) is -1.04. The van der Waals surface area contributed by atoms with Crippen LogP contribution in [0.1, 0.15) is 42.5 Å². The first-order chi connectivity index (χ1) is 9.65. The molecule has 108 valence electrons. The van der Waals surface area contributed by atoms with E-state index in [-0.39, 0.29) is 17.6 Å². The fourth-order valence-corrected chi connectivity index (χ4v) is 2.25. The number of hydrogen-bond donors (Lipinski definition) is 2. The van der Waals surface area contributed by atoms with E-state index in [9.17, 15) is 9.59 Å². The molecule has 0 spiro atoms. The lowest BCUT2D eigenvalue weighted by atomic mass is 10.0. The van der Waals surface area contributed by atoms with Crippen LogP contribution in [0.4, 0.5) is 5.69 Å². The van der Waals surface area contributed by atoms with Crippen molar-refractivity contribution in [1.82, 2.24) is 0 Å². The van der Waals surface area contributed by atoms with E-state index in [1.807, 2.05) is 0 Å². The minimum Gasteiger partial charge on any atom is -0.478 e. The van der Waals surface area contributed by atoms with Crippen molar-refractivity contribution in [2.75, 3.05) is 11.9 Å². The number of carboxylic acids is 1. The van der Waals surface area contributed by atoms with E-state index >= 15 is 0 Å². The summed E-state index contributed by atoms with van der Waals surface area (Å²) in [4.78, 5) is 22.5. The van der Waals surface area contributed by atoms with Crippen LogP contribution in [0.25, 0.3) is 0 Å². The lowest BCUT2D eigenvalue weighted by Crippen LogP contribution is -2.21. The number of hydrogen-bond acceptors (Lipinski definition) is 3. The predicted molar refractivity (Wildman–Crippen MR) is 74.9 cm³/mol. The van der Waals surface area contributed by atoms with E-state index in [1.165, 1.54) is 18.6 Å². The van der Waals surface area contributed by atoms with Crippen LogP contribution in [0.2, 0.25) is 0 Å². The van der Waals surface area contributed by atoms with Crippen LogP contribution in [0.5, 0.6) is 0 Å². The van der Waals surface area contributed by atoms with Gasteiger partial charge in [0.25, 0.3) is 0 Å². The second-order valence-corrected chi connectivity index (χ2v) is 4.96. The Bertz CT molecular complexity index is 463. The molecule has 1 aliphatic rings. The number of benzene rings is 1. The lowest BCUT2D eigenvalue weighted by Gasteiger charge is -2.22. The predicted octanol–water partition coefficient (Wildman–Crippen LogP) is 2.67.